The average molecular weight is 174 g/mol. The van der Waals surface area contributed by atoms with Gasteiger partial charge in [-0.2, -0.15) is 0 Å². The molecule has 0 aliphatic heterocycles. The molecule has 4 nitrogen and oxygen atoms in total. The van der Waals surface area contributed by atoms with Crippen molar-refractivity contribution in [3.63, 3.8) is 0 Å². The molecule has 0 amide bonds. The van der Waals surface area contributed by atoms with Gasteiger partial charge in [-0.05, 0) is 0 Å². The van der Waals surface area contributed by atoms with Gasteiger partial charge in [-0.15, -0.1) is 0 Å². The number of hydrogen-bond donors (Lipinski definition) is 1. The average Bonchev–Trinajstić information content (AvgIpc) is 2.00. The summed E-state index contributed by atoms with van der Waals surface area (Å²) < 4.78 is 4.30. The van der Waals surface area contributed by atoms with Crippen LogP contribution < -0.4 is 0 Å². The molecule has 11 heavy (non-hydrogen) atoms. The third-order valence-electron chi connectivity index (χ3n) is 1.34. The molecule has 0 aromatic carbocycles. The SMILES string of the molecule is C=C(C(=O)OC)C([SiH3])C(=O)O. The van der Waals surface area contributed by atoms with Crippen molar-refractivity contribution in [2.75, 3.05) is 7.11 Å². The van der Waals surface area contributed by atoms with Crippen LogP contribution in [0.3, 0.4) is 0 Å². The second kappa shape index (κ2) is 3.92. The summed E-state index contributed by atoms with van der Waals surface area (Å²) in [7, 11) is 1.56. The van der Waals surface area contributed by atoms with Gasteiger partial charge in [0, 0.05) is 15.8 Å². The van der Waals surface area contributed by atoms with Crippen LogP contribution in [0.4, 0.5) is 0 Å². The highest BCUT2D eigenvalue weighted by molar-refractivity contribution is 6.27. The van der Waals surface area contributed by atoms with Crippen molar-refractivity contribution in [1.29, 1.82) is 0 Å². The number of carboxylic acid groups (broad SMARTS) is 1. The molecule has 1 unspecified atom stereocenters. The molecule has 0 bridgehead atoms. The maximum atomic E-state index is 10.7. The number of carboxylic acids is 1. The van der Waals surface area contributed by atoms with Crippen LogP contribution in [-0.2, 0) is 14.3 Å². The molecule has 0 rings (SSSR count). The van der Waals surface area contributed by atoms with E-state index in [1.165, 1.54) is 7.11 Å². The van der Waals surface area contributed by atoms with Gasteiger partial charge in [0.25, 0.3) is 0 Å². The van der Waals surface area contributed by atoms with Crippen molar-refractivity contribution in [1.82, 2.24) is 0 Å². The van der Waals surface area contributed by atoms with Gasteiger partial charge in [0.05, 0.1) is 12.7 Å². The van der Waals surface area contributed by atoms with E-state index in [-0.39, 0.29) is 5.57 Å². The molecule has 1 atom stereocenters. The fourth-order valence-electron chi connectivity index (χ4n) is 0.457. The lowest BCUT2D eigenvalue weighted by atomic mass is 10.2. The van der Waals surface area contributed by atoms with Crippen LogP contribution in [0, 0.1) is 0 Å². The Morgan fingerprint density at radius 3 is 2.36 bits per heavy atom. The Morgan fingerprint density at radius 2 is 2.09 bits per heavy atom. The summed E-state index contributed by atoms with van der Waals surface area (Å²) in [6.45, 7) is 3.33. The molecule has 0 saturated carbocycles. The van der Waals surface area contributed by atoms with E-state index in [1.54, 1.807) is 0 Å². The zero-order valence-corrected chi connectivity index (χ0v) is 8.46. The predicted molar refractivity (Wildman–Crippen MR) is 42.5 cm³/mol. The fraction of sp³-hybridized carbons (Fsp3) is 0.333. The Kier molecular flexibility index (Phi) is 3.53. The highest BCUT2D eigenvalue weighted by Crippen LogP contribution is 2.12. The Labute approximate surface area is 67.3 Å². The first-order valence-corrected chi connectivity index (χ1v) is 4.16. The minimum atomic E-state index is -1.02. The first-order valence-electron chi connectivity index (χ1n) is 3.00. The third kappa shape index (κ3) is 2.54. The number of rotatable bonds is 3. The van der Waals surface area contributed by atoms with Crippen LogP contribution in [0.5, 0.6) is 0 Å². The first-order chi connectivity index (χ1) is 5.00. The van der Waals surface area contributed by atoms with Crippen LogP contribution in [-0.4, -0.2) is 34.4 Å². The van der Waals surface area contributed by atoms with Crippen LogP contribution in [0.1, 0.15) is 0 Å². The lowest BCUT2D eigenvalue weighted by Crippen LogP contribution is -2.16. The van der Waals surface area contributed by atoms with Crippen molar-refractivity contribution in [3.8, 4) is 0 Å². The standard InChI is InChI=1S/C6H10O4Si/c1-3(6(9)10-2)4(11)5(7)8/h4H,1H2,2,11H3,(H,7,8). The maximum Gasteiger partial charge on any atom is 0.333 e. The van der Waals surface area contributed by atoms with Gasteiger partial charge in [-0.25, -0.2) is 4.79 Å². The van der Waals surface area contributed by atoms with Gasteiger partial charge in [0.2, 0.25) is 0 Å². The summed E-state index contributed by atoms with van der Waals surface area (Å²) >= 11 is 0. The van der Waals surface area contributed by atoms with E-state index in [0.717, 1.165) is 0 Å². The highest BCUT2D eigenvalue weighted by Gasteiger charge is 2.20. The molecule has 1 N–H and O–H groups in total. The predicted octanol–water partition coefficient (Wildman–Crippen LogP) is -1.05. The molecule has 5 heteroatoms. The van der Waals surface area contributed by atoms with Crippen molar-refractivity contribution in [2.45, 2.75) is 5.54 Å². The Balaban J connectivity index is 4.25. The molecule has 0 aliphatic rings. The van der Waals surface area contributed by atoms with Gasteiger partial charge >= 0.3 is 11.9 Å². The normalized spacial score (nSPS) is 12.1. The minimum absolute atomic E-state index is 0.0201. The number of ether oxygens (including phenoxy) is 1. The number of carbonyl (C=O) groups excluding carboxylic acids is 1. The molecule has 0 aromatic rings. The van der Waals surface area contributed by atoms with Crippen molar-refractivity contribution < 1.29 is 19.4 Å². The first kappa shape index (κ1) is 9.90. The summed E-state index contributed by atoms with van der Waals surface area (Å²) in [4.78, 5) is 21.0. The molecule has 0 aromatic heterocycles. The van der Waals surface area contributed by atoms with Gasteiger partial charge < -0.3 is 9.84 Å². The Hall–Kier alpha value is -1.10. The fourth-order valence-corrected chi connectivity index (χ4v) is 0.693. The summed E-state index contributed by atoms with van der Waals surface area (Å²) in [6, 6.07) is 0. The largest absolute Gasteiger partial charge is 0.481 e. The number of esters is 1. The van der Waals surface area contributed by atoms with E-state index in [2.05, 4.69) is 11.3 Å². The molecular weight excluding hydrogens is 164 g/mol. The molecule has 62 valence electrons. The number of carbonyl (C=O) groups is 2. The number of hydrogen-bond acceptors (Lipinski definition) is 3. The lowest BCUT2D eigenvalue weighted by molar-refractivity contribution is -0.141. The highest BCUT2D eigenvalue weighted by atomic mass is 28.1. The van der Waals surface area contributed by atoms with Crippen LogP contribution >= 0.6 is 0 Å². The van der Waals surface area contributed by atoms with E-state index in [4.69, 9.17) is 5.11 Å². The van der Waals surface area contributed by atoms with Gasteiger partial charge in [0.1, 0.15) is 0 Å². The lowest BCUT2D eigenvalue weighted by Gasteiger charge is -2.06. The van der Waals surface area contributed by atoms with Crippen LogP contribution in [0.25, 0.3) is 0 Å². The van der Waals surface area contributed by atoms with E-state index < -0.39 is 17.5 Å². The second-order valence-electron chi connectivity index (χ2n) is 2.08. The molecule has 0 spiro atoms. The second-order valence-corrected chi connectivity index (χ2v) is 3.23. The van der Waals surface area contributed by atoms with Crippen molar-refractivity contribution >= 4 is 22.2 Å². The molecular formula is C6H10O4Si. The number of aliphatic carboxylic acids is 1. The van der Waals surface area contributed by atoms with Crippen LogP contribution in [0.2, 0.25) is 5.54 Å². The van der Waals surface area contributed by atoms with Gasteiger partial charge in [-0.3, -0.25) is 4.79 Å². The van der Waals surface area contributed by atoms with E-state index in [0.29, 0.717) is 10.2 Å². The summed E-state index contributed by atoms with van der Waals surface area (Å²) in [5, 5.41) is 8.46. The molecule has 0 aliphatic carbocycles. The van der Waals surface area contributed by atoms with E-state index >= 15 is 0 Å². The Morgan fingerprint density at radius 1 is 1.64 bits per heavy atom. The zero-order valence-electron chi connectivity index (χ0n) is 6.46. The quantitative estimate of drug-likeness (QED) is 0.337. The Bertz CT molecular complexity index is 199. The number of methoxy groups -OCH3 is 1. The van der Waals surface area contributed by atoms with E-state index in [1.807, 2.05) is 0 Å². The zero-order chi connectivity index (χ0) is 9.02. The molecule has 0 saturated heterocycles. The molecule has 0 radical (unpaired) electrons. The van der Waals surface area contributed by atoms with Crippen LogP contribution in [0.15, 0.2) is 12.2 Å². The topological polar surface area (TPSA) is 63.6 Å². The van der Waals surface area contributed by atoms with Gasteiger partial charge in [0.15, 0.2) is 0 Å². The van der Waals surface area contributed by atoms with Gasteiger partial charge in [-0.1, -0.05) is 6.58 Å². The monoisotopic (exact) mass is 174 g/mol. The summed E-state index contributed by atoms with van der Waals surface area (Å²) in [6.07, 6.45) is 0. The smallest absolute Gasteiger partial charge is 0.333 e. The summed E-state index contributed by atoms with van der Waals surface area (Å²) in [5.74, 6) is -1.67. The minimum Gasteiger partial charge on any atom is -0.481 e. The molecule has 0 fully saturated rings. The maximum absolute atomic E-state index is 10.7. The summed E-state index contributed by atoms with van der Waals surface area (Å²) in [5.41, 5.74) is -0.728. The molecule has 0 heterocycles. The van der Waals surface area contributed by atoms with Crippen molar-refractivity contribution in [3.05, 3.63) is 12.2 Å². The van der Waals surface area contributed by atoms with Crippen molar-refractivity contribution in [2.24, 2.45) is 0 Å². The third-order valence-corrected chi connectivity index (χ3v) is 2.53. The van der Waals surface area contributed by atoms with E-state index in [9.17, 15) is 9.59 Å².